The summed E-state index contributed by atoms with van der Waals surface area (Å²) in [5.74, 6) is 1.47. The number of carbonyl (C=O) groups excluding carboxylic acids is 1. The predicted octanol–water partition coefficient (Wildman–Crippen LogP) is 4.57. The quantitative estimate of drug-likeness (QED) is 0.657. The van der Waals surface area contributed by atoms with Gasteiger partial charge in [0.05, 0.1) is 11.8 Å². The molecule has 1 aliphatic heterocycles. The third-order valence-electron chi connectivity index (χ3n) is 5.20. The lowest BCUT2D eigenvalue weighted by molar-refractivity contribution is -0.137. The van der Waals surface area contributed by atoms with Gasteiger partial charge in [0.15, 0.2) is 11.6 Å². The fraction of sp³-hybridized carbons (Fsp3) is 0.333. The standard InChI is InChI=1S/C21H20F3N5O2/c1-13-2-7-17(12-25-13)31-20(30)29-10-8-15(9-11-29)19-26-18(27-28-19)14-3-5-16(6-4-14)21(22,23)24/h2-7,12,15H,8-11H2,1H3,(H,26,27,28). The van der Waals surface area contributed by atoms with E-state index in [2.05, 4.69) is 20.2 Å². The fourth-order valence-corrected chi connectivity index (χ4v) is 3.41. The summed E-state index contributed by atoms with van der Waals surface area (Å²) in [6.45, 7) is 2.85. The molecule has 162 valence electrons. The lowest BCUT2D eigenvalue weighted by Gasteiger charge is -2.30. The van der Waals surface area contributed by atoms with Gasteiger partial charge in [-0.25, -0.2) is 9.78 Å². The Hall–Kier alpha value is -3.43. The number of ether oxygens (including phenoxy) is 1. The number of carbonyl (C=O) groups is 1. The number of nitrogens with one attached hydrogen (secondary N) is 1. The van der Waals surface area contributed by atoms with Crippen LogP contribution in [-0.4, -0.2) is 44.2 Å². The molecule has 3 heterocycles. The van der Waals surface area contributed by atoms with Crippen LogP contribution in [0.3, 0.4) is 0 Å². The summed E-state index contributed by atoms with van der Waals surface area (Å²) in [6.07, 6.45) is -1.95. The zero-order valence-corrected chi connectivity index (χ0v) is 16.7. The van der Waals surface area contributed by atoms with Gasteiger partial charge in [0, 0.05) is 30.3 Å². The smallest absolute Gasteiger partial charge is 0.409 e. The highest BCUT2D eigenvalue weighted by molar-refractivity contribution is 5.70. The molecule has 0 unspecified atom stereocenters. The third kappa shape index (κ3) is 4.84. The number of rotatable bonds is 3. The molecule has 0 radical (unpaired) electrons. The molecule has 1 fully saturated rings. The van der Waals surface area contributed by atoms with Crippen LogP contribution in [0.2, 0.25) is 0 Å². The van der Waals surface area contributed by atoms with Gasteiger partial charge in [0.2, 0.25) is 0 Å². The van der Waals surface area contributed by atoms with Gasteiger partial charge in [-0.15, -0.1) is 0 Å². The van der Waals surface area contributed by atoms with Crippen molar-refractivity contribution >= 4 is 6.09 Å². The van der Waals surface area contributed by atoms with Gasteiger partial charge < -0.3 is 9.64 Å². The Bertz CT molecular complexity index is 1040. The molecule has 1 N–H and O–H groups in total. The van der Waals surface area contributed by atoms with Crippen molar-refractivity contribution < 1.29 is 22.7 Å². The number of H-pyrrole nitrogens is 1. The highest BCUT2D eigenvalue weighted by atomic mass is 19.4. The second-order valence-electron chi connectivity index (χ2n) is 7.38. The number of hydrogen-bond donors (Lipinski definition) is 1. The van der Waals surface area contributed by atoms with Crippen molar-refractivity contribution in [3.05, 3.63) is 59.7 Å². The molecule has 7 nitrogen and oxygen atoms in total. The molecule has 1 saturated heterocycles. The molecule has 1 amide bonds. The van der Waals surface area contributed by atoms with Crippen LogP contribution in [0.5, 0.6) is 5.75 Å². The number of aromatic nitrogens is 4. The van der Waals surface area contributed by atoms with E-state index in [1.807, 2.05) is 6.92 Å². The molecule has 0 spiro atoms. The maximum Gasteiger partial charge on any atom is 0.416 e. The number of piperidine rings is 1. The van der Waals surface area contributed by atoms with E-state index in [-0.39, 0.29) is 5.92 Å². The molecule has 2 aromatic heterocycles. The van der Waals surface area contributed by atoms with Crippen molar-refractivity contribution in [1.29, 1.82) is 0 Å². The van der Waals surface area contributed by atoms with E-state index in [1.165, 1.54) is 18.3 Å². The zero-order chi connectivity index (χ0) is 22.0. The van der Waals surface area contributed by atoms with E-state index in [4.69, 9.17) is 4.74 Å². The summed E-state index contributed by atoms with van der Waals surface area (Å²) in [7, 11) is 0. The molecular formula is C21H20F3N5O2. The van der Waals surface area contributed by atoms with Crippen LogP contribution in [0.4, 0.5) is 18.0 Å². The first-order chi connectivity index (χ1) is 14.8. The maximum absolute atomic E-state index is 12.7. The van der Waals surface area contributed by atoms with Crippen LogP contribution >= 0.6 is 0 Å². The van der Waals surface area contributed by atoms with Crippen molar-refractivity contribution in [2.24, 2.45) is 0 Å². The number of alkyl halides is 3. The minimum atomic E-state index is -4.38. The third-order valence-corrected chi connectivity index (χ3v) is 5.20. The van der Waals surface area contributed by atoms with Gasteiger partial charge in [-0.05, 0) is 44.0 Å². The first kappa shape index (κ1) is 20.8. The maximum atomic E-state index is 12.7. The molecule has 0 aliphatic carbocycles. The van der Waals surface area contributed by atoms with E-state index in [9.17, 15) is 18.0 Å². The lowest BCUT2D eigenvalue weighted by Crippen LogP contribution is -2.39. The van der Waals surface area contributed by atoms with Gasteiger partial charge in [-0.1, -0.05) is 12.1 Å². The number of benzene rings is 1. The number of aromatic amines is 1. The summed E-state index contributed by atoms with van der Waals surface area (Å²) < 4.78 is 43.5. The van der Waals surface area contributed by atoms with Crippen molar-refractivity contribution in [2.75, 3.05) is 13.1 Å². The first-order valence-electron chi connectivity index (χ1n) is 9.79. The minimum absolute atomic E-state index is 0.0702. The molecule has 31 heavy (non-hydrogen) atoms. The molecule has 3 aromatic rings. The largest absolute Gasteiger partial charge is 0.416 e. The van der Waals surface area contributed by atoms with Gasteiger partial charge in [-0.3, -0.25) is 10.1 Å². The number of halogens is 3. The van der Waals surface area contributed by atoms with Crippen LogP contribution in [0.15, 0.2) is 42.6 Å². The summed E-state index contributed by atoms with van der Waals surface area (Å²) >= 11 is 0. The average molecular weight is 431 g/mol. The number of pyridine rings is 1. The zero-order valence-electron chi connectivity index (χ0n) is 16.7. The number of amides is 1. The summed E-state index contributed by atoms with van der Waals surface area (Å²) in [5.41, 5.74) is 0.624. The van der Waals surface area contributed by atoms with E-state index < -0.39 is 17.8 Å². The Kier molecular flexibility index (Phi) is 5.62. The first-order valence-corrected chi connectivity index (χ1v) is 9.79. The monoisotopic (exact) mass is 431 g/mol. The van der Waals surface area contributed by atoms with E-state index in [1.54, 1.807) is 17.0 Å². The topological polar surface area (TPSA) is 84.0 Å². The number of hydrogen-bond acceptors (Lipinski definition) is 5. The molecular weight excluding hydrogens is 411 g/mol. The average Bonchev–Trinajstić information content (AvgIpc) is 3.25. The van der Waals surface area contributed by atoms with Crippen LogP contribution in [0.25, 0.3) is 11.4 Å². The SMILES string of the molecule is Cc1ccc(OC(=O)N2CCC(c3nc(-c4ccc(C(F)(F)F)cc4)n[nH]3)CC2)cn1. The number of aryl methyl sites for hydroxylation is 1. The summed E-state index contributed by atoms with van der Waals surface area (Å²) in [4.78, 5) is 22.5. The predicted molar refractivity (Wildman–Crippen MR) is 105 cm³/mol. The highest BCUT2D eigenvalue weighted by Crippen LogP contribution is 2.31. The van der Waals surface area contributed by atoms with Crippen molar-refractivity contribution in [1.82, 2.24) is 25.1 Å². The fourth-order valence-electron chi connectivity index (χ4n) is 3.41. The summed E-state index contributed by atoms with van der Waals surface area (Å²) in [5, 5.41) is 7.02. The molecule has 10 heteroatoms. The second-order valence-corrected chi connectivity index (χ2v) is 7.38. The van der Waals surface area contributed by atoms with Gasteiger partial charge in [0.25, 0.3) is 0 Å². The van der Waals surface area contributed by atoms with E-state index in [0.717, 1.165) is 17.8 Å². The normalized spacial score (nSPS) is 15.2. The van der Waals surface area contributed by atoms with Crippen molar-refractivity contribution in [3.63, 3.8) is 0 Å². The van der Waals surface area contributed by atoms with Crippen LogP contribution < -0.4 is 4.74 Å². The van der Waals surface area contributed by atoms with E-state index >= 15 is 0 Å². The minimum Gasteiger partial charge on any atom is -0.409 e. The Balaban J connectivity index is 1.34. The Labute approximate surface area is 176 Å². The van der Waals surface area contributed by atoms with Crippen LogP contribution in [0.1, 0.15) is 35.8 Å². The molecule has 4 rings (SSSR count). The lowest BCUT2D eigenvalue weighted by atomic mass is 9.96. The number of likely N-dealkylation sites (tertiary alicyclic amines) is 1. The molecule has 1 aliphatic rings. The Morgan fingerprint density at radius 1 is 1.13 bits per heavy atom. The van der Waals surface area contributed by atoms with Crippen LogP contribution in [0, 0.1) is 6.92 Å². The Morgan fingerprint density at radius 2 is 1.84 bits per heavy atom. The van der Waals surface area contributed by atoms with E-state index in [0.29, 0.717) is 48.9 Å². The van der Waals surface area contributed by atoms with Crippen molar-refractivity contribution in [2.45, 2.75) is 31.9 Å². The molecule has 0 saturated carbocycles. The highest BCUT2D eigenvalue weighted by Gasteiger charge is 2.30. The summed E-state index contributed by atoms with van der Waals surface area (Å²) in [6, 6.07) is 8.21. The van der Waals surface area contributed by atoms with Crippen LogP contribution in [-0.2, 0) is 6.18 Å². The van der Waals surface area contributed by atoms with Gasteiger partial charge in [0.1, 0.15) is 5.82 Å². The second kappa shape index (κ2) is 8.37. The van der Waals surface area contributed by atoms with Crippen molar-refractivity contribution in [3.8, 4) is 17.1 Å². The number of nitrogens with zero attached hydrogens (tertiary/aromatic N) is 4. The Morgan fingerprint density at radius 3 is 2.45 bits per heavy atom. The molecule has 0 atom stereocenters. The molecule has 1 aromatic carbocycles. The van der Waals surface area contributed by atoms with Gasteiger partial charge in [-0.2, -0.15) is 18.3 Å². The van der Waals surface area contributed by atoms with Gasteiger partial charge >= 0.3 is 12.3 Å². The molecule has 0 bridgehead atoms.